The summed E-state index contributed by atoms with van der Waals surface area (Å²) in [6.07, 6.45) is 0. The lowest BCUT2D eigenvalue weighted by Gasteiger charge is -2.05. The van der Waals surface area contributed by atoms with Crippen molar-refractivity contribution in [2.75, 3.05) is 0 Å². The summed E-state index contributed by atoms with van der Waals surface area (Å²) in [6, 6.07) is 26.4. The zero-order valence-electron chi connectivity index (χ0n) is 15.1. The predicted molar refractivity (Wildman–Crippen MR) is 116 cm³/mol. The molecule has 0 saturated heterocycles. The number of nitro groups is 1. The van der Waals surface area contributed by atoms with Crippen molar-refractivity contribution in [3.8, 4) is 22.3 Å². The molecule has 29 heavy (non-hydrogen) atoms. The number of hydrogen-bond donors (Lipinski definition) is 0. The van der Waals surface area contributed by atoms with Gasteiger partial charge in [-0.1, -0.05) is 66.2 Å². The van der Waals surface area contributed by atoms with Crippen molar-refractivity contribution >= 4 is 39.2 Å². The smallest absolute Gasteiger partial charge is 0.277 e. The van der Waals surface area contributed by atoms with Gasteiger partial charge in [-0.2, -0.15) is 0 Å². The van der Waals surface area contributed by atoms with Crippen LogP contribution in [0, 0.1) is 10.1 Å². The van der Waals surface area contributed by atoms with Crippen LogP contribution in [0.5, 0.6) is 0 Å². The summed E-state index contributed by atoms with van der Waals surface area (Å²) in [7, 11) is 0. The maximum Gasteiger partial charge on any atom is 0.277 e. The van der Waals surface area contributed by atoms with Crippen molar-refractivity contribution in [2.45, 2.75) is 0 Å². The maximum absolute atomic E-state index is 11.5. The molecule has 0 amide bonds. The van der Waals surface area contributed by atoms with Crippen molar-refractivity contribution in [3.63, 3.8) is 0 Å². The highest BCUT2D eigenvalue weighted by Crippen LogP contribution is 2.40. The van der Waals surface area contributed by atoms with Gasteiger partial charge in [0.15, 0.2) is 0 Å². The second kappa shape index (κ2) is 6.76. The molecule has 0 aliphatic rings. The van der Waals surface area contributed by atoms with Crippen molar-refractivity contribution < 1.29 is 9.34 Å². The van der Waals surface area contributed by atoms with Crippen LogP contribution >= 0.6 is 11.6 Å². The average molecular weight is 400 g/mol. The molecule has 4 nitrogen and oxygen atoms in total. The number of fused-ring (bicyclic) bond motifs is 3. The molecule has 5 rings (SSSR count). The molecular formula is C24H14ClNO3. The third-order valence-electron chi connectivity index (χ3n) is 5.05. The van der Waals surface area contributed by atoms with E-state index >= 15 is 0 Å². The molecular weight excluding hydrogens is 386 g/mol. The fraction of sp³-hybridized carbons (Fsp3) is 0. The summed E-state index contributed by atoms with van der Waals surface area (Å²) in [5.41, 5.74) is 4.62. The number of benzene rings is 4. The minimum absolute atomic E-state index is 0.00710. The lowest BCUT2D eigenvalue weighted by Crippen LogP contribution is -1.92. The number of para-hydroxylation sites is 1. The fourth-order valence-electron chi connectivity index (χ4n) is 3.70. The largest absolute Gasteiger partial charge is 0.455 e. The molecule has 4 aromatic carbocycles. The van der Waals surface area contributed by atoms with Gasteiger partial charge in [0.2, 0.25) is 0 Å². The Hall–Kier alpha value is -3.63. The minimum Gasteiger partial charge on any atom is -0.455 e. The first-order valence-electron chi connectivity index (χ1n) is 9.07. The van der Waals surface area contributed by atoms with Gasteiger partial charge in [0.25, 0.3) is 5.69 Å². The van der Waals surface area contributed by atoms with Gasteiger partial charge in [-0.15, -0.1) is 0 Å². The Bertz CT molecular complexity index is 1390. The molecule has 0 aliphatic heterocycles. The van der Waals surface area contributed by atoms with Crippen LogP contribution in [-0.2, 0) is 0 Å². The monoisotopic (exact) mass is 399 g/mol. The van der Waals surface area contributed by atoms with Gasteiger partial charge in [-0.05, 0) is 35.4 Å². The van der Waals surface area contributed by atoms with E-state index in [1.54, 1.807) is 6.07 Å². The fourth-order valence-corrected chi connectivity index (χ4v) is 3.88. The molecule has 0 saturated carbocycles. The predicted octanol–water partition coefficient (Wildman–Crippen LogP) is 7.48. The summed E-state index contributed by atoms with van der Waals surface area (Å²) >= 11 is 6.14. The van der Waals surface area contributed by atoms with Gasteiger partial charge in [-0.25, -0.2) is 0 Å². The lowest BCUT2D eigenvalue weighted by molar-refractivity contribution is -0.384. The van der Waals surface area contributed by atoms with E-state index in [1.807, 2.05) is 48.5 Å². The Kier molecular flexibility index (Phi) is 4.07. The number of halogens is 1. The van der Waals surface area contributed by atoms with Crippen LogP contribution in [0.15, 0.2) is 89.3 Å². The van der Waals surface area contributed by atoms with Crippen LogP contribution < -0.4 is 0 Å². The van der Waals surface area contributed by atoms with Gasteiger partial charge in [0, 0.05) is 27.4 Å². The molecule has 0 atom stereocenters. The Balaban J connectivity index is 1.78. The van der Waals surface area contributed by atoms with E-state index < -0.39 is 4.92 Å². The summed E-state index contributed by atoms with van der Waals surface area (Å²) in [5, 5.41) is 13.9. The Morgan fingerprint density at radius 3 is 2.38 bits per heavy atom. The van der Waals surface area contributed by atoms with Gasteiger partial charge >= 0.3 is 0 Å². The molecule has 0 radical (unpaired) electrons. The highest BCUT2D eigenvalue weighted by atomic mass is 35.5. The molecule has 1 aromatic heterocycles. The van der Waals surface area contributed by atoms with E-state index in [-0.39, 0.29) is 5.69 Å². The zero-order valence-corrected chi connectivity index (χ0v) is 15.9. The van der Waals surface area contributed by atoms with E-state index in [0.717, 1.165) is 27.5 Å². The van der Waals surface area contributed by atoms with E-state index in [0.29, 0.717) is 21.7 Å². The van der Waals surface area contributed by atoms with Crippen LogP contribution in [0.4, 0.5) is 5.69 Å². The normalized spacial score (nSPS) is 11.2. The van der Waals surface area contributed by atoms with E-state index in [2.05, 4.69) is 18.2 Å². The quantitative estimate of drug-likeness (QED) is 0.233. The third kappa shape index (κ3) is 2.94. The average Bonchev–Trinajstić information content (AvgIpc) is 3.12. The van der Waals surface area contributed by atoms with Crippen molar-refractivity contribution in [1.82, 2.24) is 0 Å². The Labute approximate surface area is 171 Å². The third-order valence-corrected chi connectivity index (χ3v) is 5.28. The maximum atomic E-state index is 11.5. The molecule has 0 unspecified atom stereocenters. The number of hydrogen-bond acceptors (Lipinski definition) is 3. The van der Waals surface area contributed by atoms with Crippen LogP contribution in [0.2, 0.25) is 5.02 Å². The lowest BCUT2D eigenvalue weighted by atomic mass is 9.99. The van der Waals surface area contributed by atoms with Crippen LogP contribution in [0.1, 0.15) is 0 Å². The second-order valence-corrected chi connectivity index (χ2v) is 7.22. The van der Waals surface area contributed by atoms with Crippen molar-refractivity contribution in [1.29, 1.82) is 0 Å². The summed E-state index contributed by atoms with van der Waals surface area (Å²) in [6.45, 7) is 0. The highest BCUT2D eigenvalue weighted by molar-refractivity contribution is 6.31. The molecule has 5 aromatic rings. The van der Waals surface area contributed by atoms with Gasteiger partial charge < -0.3 is 4.42 Å². The zero-order chi connectivity index (χ0) is 20.0. The van der Waals surface area contributed by atoms with Crippen molar-refractivity contribution in [3.05, 3.63) is 100 Å². The molecule has 0 bridgehead atoms. The number of nitrogens with zero attached hydrogens (tertiary/aromatic N) is 1. The number of furan rings is 1. The van der Waals surface area contributed by atoms with Crippen molar-refractivity contribution in [2.24, 2.45) is 0 Å². The molecule has 0 aliphatic carbocycles. The first-order valence-corrected chi connectivity index (χ1v) is 9.44. The van der Waals surface area contributed by atoms with Gasteiger partial charge in [-0.3, -0.25) is 10.1 Å². The highest BCUT2D eigenvalue weighted by Gasteiger charge is 2.20. The van der Waals surface area contributed by atoms with Gasteiger partial charge in [0.1, 0.15) is 11.2 Å². The molecule has 0 spiro atoms. The topological polar surface area (TPSA) is 56.3 Å². The molecule has 0 N–H and O–H groups in total. The first-order chi connectivity index (χ1) is 14.1. The molecule has 140 valence electrons. The number of nitro benzene ring substituents is 1. The second-order valence-electron chi connectivity index (χ2n) is 6.78. The molecule has 0 fully saturated rings. The molecule has 5 heteroatoms. The summed E-state index contributed by atoms with van der Waals surface area (Å²) < 4.78 is 6.14. The summed E-state index contributed by atoms with van der Waals surface area (Å²) in [4.78, 5) is 11.1. The minimum atomic E-state index is -0.402. The Morgan fingerprint density at radius 1 is 0.759 bits per heavy atom. The van der Waals surface area contributed by atoms with Crippen LogP contribution in [0.25, 0.3) is 44.2 Å². The van der Waals surface area contributed by atoms with Crippen LogP contribution in [-0.4, -0.2) is 4.92 Å². The SMILES string of the molecule is O=[N+]([O-])c1ccc(Cl)cc1-c1cccc2c1oc1ccc(-c3ccccc3)cc12. The standard InChI is InChI=1S/C24H14ClNO3/c25-17-10-11-22(26(27)28)20(14-17)18-7-4-8-19-21-13-16(15-5-2-1-3-6-15)9-12-23(21)29-24(18)19/h1-14H. The van der Waals surface area contributed by atoms with Crippen LogP contribution in [0.3, 0.4) is 0 Å². The molecule has 1 heterocycles. The first kappa shape index (κ1) is 17.5. The van der Waals surface area contributed by atoms with E-state index in [1.165, 1.54) is 12.1 Å². The number of rotatable bonds is 3. The van der Waals surface area contributed by atoms with Gasteiger partial charge in [0.05, 0.1) is 10.5 Å². The van der Waals surface area contributed by atoms with E-state index in [4.69, 9.17) is 16.0 Å². The Morgan fingerprint density at radius 2 is 1.59 bits per heavy atom. The van der Waals surface area contributed by atoms with E-state index in [9.17, 15) is 10.1 Å². The summed E-state index contributed by atoms with van der Waals surface area (Å²) in [5.74, 6) is 0.